The molecule has 12 heteroatoms. The highest BCUT2D eigenvalue weighted by atomic mass is 35.5. The fourth-order valence-corrected chi connectivity index (χ4v) is 4.15. The molecule has 2 aliphatic heterocycles. The average Bonchev–Trinajstić information content (AvgIpc) is 3.12. The molecule has 3 aliphatic rings. The van der Waals surface area contributed by atoms with Crippen molar-refractivity contribution < 1.29 is 33.0 Å². The lowest BCUT2D eigenvalue weighted by atomic mass is 9.97. The van der Waals surface area contributed by atoms with Gasteiger partial charge < -0.3 is 24.8 Å². The van der Waals surface area contributed by atoms with E-state index < -0.39 is 36.1 Å². The zero-order valence-corrected chi connectivity index (χ0v) is 17.9. The molecule has 2 N–H and O–H groups in total. The SMILES string of the molecule is COC(=O)C12Cc3cc(Cl)ccc3C1=NN(C(=O)Nc1cc3c(cc1F)OCC(=O)N3)CO2. The first-order chi connectivity index (χ1) is 15.8. The fraction of sp³-hybridized carbons (Fsp3) is 0.238. The topological polar surface area (TPSA) is 119 Å². The van der Waals surface area contributed by atoms with Gasteiger partial charge in [0.2, 0.25) is 5.60 Å². The molecule has 1 aliphatic carbocycles. The molecule has 0 spiro atoms. The zero-order valence-electron chi connectivity index (χ0n) is 17.1. The van der Waals surface area contributed by atoms with E-state index in [2.05, 4.69) is 15.7 Å². The van der Waals surface area contributed by atoms with Crippen LogP contribution in [0, 0.1) is 5.82 Å². The Bertz CT molecular complexity index is 1250. The number of carbonyl (C=O) groups excluding carboxylic acids is 3. The van der Waals surface area contributed by atoms with Crippen LogP contribution in [0.25, 0.3) is 0 Å². The lowest BCUT2D eigenvalue weighted by Crippen LogP contribution is -2.55. The van der Waals surface area contributed by atoms with Crippen LogP contribution in [0.15, 0.2) is 35.4 Å². The van der Waals surface area contributed by atoms with E-state index in [9.17, 15) is 18.8 Å². The Labute approximate surface area is 191 Å². The van der Waals surface area contributed by atoms with Crippen molar-refractivity contribution in [2.75, 3.05) is 31.1 Å². The molecule has 1 atom stereocenters. The molecule has 170 valence electrons. The summed E-state index contributed by atoms with van der Waals surface area (Å²) in [4.78, 5) is 37.0. The van der Waals surface area contributed by atoms with E-state index in [1.54, 1.807) is 18.2 Å². The third-order valence-corrected chi connectivity index (χ3v) is 5.73. The molecule has 0 fully saturated rings. The zero-order chi connectivity index (χ0) is 23.3. The number of urea groups is 1. The second-order valence-corrected chi connectivity index (χ2v) is 7.95. The highest BCUT2D eigenvalue weighted by Gasteiger charge is 2.55. The van der Waals surface area contributed by atoms with Crippen molar-refractivity contribution >= 4 is 46.6 Å². The summed E-state index contributed by atoms with van der Waals surface area (Å²) in [5.41, 5.74) is -0.0119. The summed E-state index contributed by atoms with van der Waals surface area (Å²) in [6.45, 7) is -0.617. The minimum Gasteiger partial charge on any atom is -0.481 e. The summed E-state index contributed by atoms with van der Waals surface area (Å²) in [6, 6.07) is 6.48. The molecule has 0 radical (unpaired) electrons. The van der Waals surface area contributed by atoms with Crippen LogP contribution >= 0.6 is 11.6 Å². The molecule has 3 amide bonds. The van der Waals surface area contributed by atoms with Crippen molar-refractivity contribution in [1.29, 1.82) is 0 Å². The molecular weight excluding hydrogens is 459 g/mol. The number of fused-ring (bicyclic) bond motifs is 4. The van der Waals surface area contributed by atoms with Crippen LogP contribution in [0.4, 0.5) is 20.6 Å². The number of benzene rings is 2. The number of anilines is 2. The van der Waals surface area contributed by atoms with E-state index in [0.717, 1.165) is 11.1 Å². The van der Waals surface area contributed by atoms with Gasteiger partial charge in [0.25, 0.3) is 5.91 Å². The Balaban J connectivity index is 1.46. The predicted octanol–water partition coefficient (Wildman–Crippen LogP) is 2.50. The van der Waals surface area contributed by atoms with Gasteiger partial charge in [-0.2, -0.15) is 10.1 Å². The lowest BCUT2D eigenvalue weighted by Gasteiger charge is -2.34. The third kappa shape index (κ3) is 3.45. The largest absolute Gasteiger partial charge is 0.481 e. The second kappa shape index (κ2) is 7.71. The van der Waals surface area contributed by atoms with E-state index in [-0.39, 0.29) is 35.9 Å². The van der Waals surface area contributed by atoms with Gasteiger partial charge in [0.1, 0.15) is 18.2 Å². The van der Waals surface area contributed by atoms with E-state index in [0.29, 0.717) is 16.1 Å². The minimum atomic E-state index is -1.52. The number of rotatable bonds is 2. The molecule has 0 saturated carbocycles. The van der Waals surface area contributed by atoms with Crippen molar-refractivity contribution in [3.63, 3.8) is 0 Å². The maximum atomic E-state index is 14.5. The highest BCUT2D eigenvalue weighted by molar-refractivity contribution is 6.31. The number of carbonyl (C=O) groups is 3. The minimum absolute atomic E-state index is 0.142. The summed E-state index contributed by atoms with van der Waals surface area (Å²) < 4.78 is 30.4. The van der Waals surface area contributed by atoms with Crippen LogP contribution in [-0.2, 0) is 25.5 Å². The van der Waals surface area contributed by atoms with Gasteiger partial charge in [-0.3, -0.25) is 4.79 Å². The first-order valence-corrected chi connectivity index (χ1v) is 10.1. The van der Waals surface area contributed by atoms with Crippen LogP contribution in [0.3, 0.4) is 0 Å². The molecule has 2 heterocycles. The summed E-state index contributed by atoms with van der Waals surface area (Å²) in [6.07, 6.45) is 0.142. The number of nitrogens with one attached hydrogen (secondary N) is 2. The number of methoxy groups -OCH3 is 1. The van der Waals surface area contributed by atoms with Gasteiger partial charge in [0.15, 0.2) is 12.4 Å². The van der Waals surface area contributed by atoms with Crippen molar-refractivity contribution in [3.8, 4) is 5.75 Å². The molecule has 0 saturated heterocycles. The van der Waals surface area contributed by atoms with E-state index in [4.69, 9.17) is 25.8 Å². The van der Waals surface area contributed by atoms with Crippen molar-refractivity contribution in [1.82, 2.24) is 5.01 Å². The lowest BCUT2D eigenvalue weighted by molar-refractivity contribution is -0.165. The third-order valence-electron chi connectivity index (χ3n) is 5.49. The average molecular weight is 475 g/mol. The maximum Gasteiger partial charge on any atom is 0.345 e. The Morgan fingerprint density at radius 2 is 2.15 bits per heavy atom. The monoisotopic (exact) mass is 474 g/mol. The van der Waals surface area contributed by atoms with Gasteiger partial charge in [0, 0.05) is 23.1 Å². The quantitative estimate of drug-likeness (QED) is 0.646. The Kier molecular flexibility index (Phi) is 4.94. The van der Waals surface area contributed by atoms with Gasteiger partial charge in [-0.25, -0.2) is 14.0 Å². The summed E-state index contributed by atoms with van der Waals surface area (Å²) >= 11 is 6.08. The number of halogens is 2. The van der Waals surface area contributed by atoms with Crippen LogP contribution in [0.1, 0.15) is 11.1 Å². The first-order valence-electron chi connectivity index (χ1n) is 9.76. The first kappa shape index (κ1) is 21.2. The number of esters is 1. The Hall–Kier alpha value is -3.70. The van der Waals surface area contributed by atoms with Crippen LogP contribution in [0.2, 0.25) is 5.02 Å². The number of hydrazone groups is 1. The summed E-state index contributed by atoms with van der Waals surface area (Å²) in [5.74, 6) is -1.68. The number of amides is 3. The maximum absolute atomic E-state index is 14.5. The van der Waals surface area contributed by atoms with E-state index in [1.807, 2.05) is 0 Å². The molecular formula is C21H16ClFN4O6. The predicted molar refractivity (Wildman–Crippen MR) is 114 cm³/mol. The summed E-state index contributed by atoms with van der Waals surface area (Å²) in [5, 5.41) is 10.7. The van der Waals surface area contributed by atoms with Crippen molar-refractivity contribution in [2.24, 2.45) is 5.10 Å². The van der Waals surface area contributed by atoms with Gasteiger partial charge in [-0.1, -0.05) is 17.7 Å². The fourth-order valence-electron chi connectivity index (χ4n) is 3.96. The molecule has 5 rings (SSSR count). The molecule has 2 aromatic carbocycles. The number of nitrogens with zero attached hydrogens (tertiary/aromatic N) is 2. The van der Waals surface area contributed by atoms with Crippen LogP contribution in [-0.4, -0.2) is 54.7 Å². The molecule has 2 aromatic rings. The van der Waals surface area contributed by atoms with Crippen molar-refractivity contribution in [3.05, 3.63) is 52.3 Å². The Morgan fingerprint density at radius 3 is 2.94 bits per heavy atom. The molecule has 1 unspecified atom stereocenters. The van der Waals surface area contributed by atoms with Gasteiger partial charge in [0.05, 0.1) is 18.5 Å². The van der Waals surface area contributed by atoms with Gasteiger partial charge in [-0.15, -0.1) is 0 Å². The Morgan fingerprint density at radius 1 is 1.33 bits per heavy atom. The summed E-state index contributed by atoms with van der Waals surface area (Å²) in [7, 11) is 1.23. The number of ether oxygens (including phenoxy) is 3. The van der Waals surface area contributed by atoms with Crippen LogP contribution in [0.5, 0.6) is 5.75 Å². The van der Waals surface area contributed by atoms with E-state index >= 15 is 0 Å². The molecule has 0 aromatic heterocycles. The van der Waals surface area contributed by atoms with Crippen LogP contribution < -0.4 is 15.4 Å². The number of hydrogen-bond acceptors (Lipinski definition) is 7. The van der Waals surface area contributed by atoms with E-state index in [1.165, 1.54) is 13.2 Å². The standard InChI is InChI=1S/C21H16ClFN4O6/c1-31-19(29)21-7-10-4-11(22)2-3-12(10)18(21)26-27(9-33-21)20(30)25-14-6-15-16(5-13(14)23)32-8-17(28)24-15/h2-6H,7-9H2,1H3,(H,24,28)(H,25,30). The normalized spacial score (nSPS) is 20.5. The molecule has 10 nitrogen and oxygen atoms in total. The smallest absolute Gasteiger partial charge is 0.345 e. The number of hydrogen-bond donors (Lipinski definition) is 2. The van der Waals surface area contributed by atoms with Gasteiger partial charge >= 0.3 is 12.0 Å². The highest BCUT2D eigenvalue weighted by Crippen LogP contribution is 2.39. The van der Waals surface area contributed by atoms with Gasteiger partial charge in [-0.05, 0) is 23.8 Å². The molecule has 0 bridgehead atoms. The van der Waals surface area contributed by atoms with Crippen molar-refractivity contribution in [2.45, 2.75) is 12.0 Å². The molecule has 33 heavy (non-hydrogen) atoms. The second-order valence-electron chi connectivity index (χ2n) is 7.51.